The number of nitrogens with two attached hydrogens (primary N) is 1. The van der Waals surface area contributed by atoms with Crippen LogP contribution >= 0.6 is 35.3 Å². The molecule has 0 aliphatic rings. The summed E-state index contributed by atoms with van der Waals surface area (Å²) in [5, 5.41) is 4.08. The molecule has 1 aromatic heterocycles. The lowest BCUT2D eigenvalue weighted by Gasteiger charge is -2.10. The SMILES string of the molecule is COCc1ccccc1NC(N)=NCc1nc(C)c(C)s1.I. The van der Waals surface area contributed by atoms with Crippen LogP contribution in [-0.2, 0) is 17.9 Å². The Morgan fingerprint density at radius 3 is 2.73 bits per heavy atom. The highest BCUT2D eigenvalue weighted by atomic mass is 127. The number of thiazole rings is 1. The smallest absolute Gasteiger partial charge is 0.193 e. The van der Waals surface area contributed by atoms with Crippen LogP contribution in [0.4, 0.5) is 5.69 Å². The number of guanidine groups is 1. The number of ether oxygens (including phenoxy) is 1. The molecule has 0 spiro atoms. The van der Waals surface area contributed by atoms with Gasteiger partial charge in [0.25, 0.3) is 0 Å². The van der Waals surface area contributed by atoms with E-state index in [4.69, 9.17) is 10.5 Å². The van der Waals surface area contributed by atoms with E-state index in [-0.39, 0.29) is 24.0 Å². The maximum absolute atomic E-state index is 5.94. The minimum absolute atomic E-state index is 0. The average molecular weight is 432 g/mol. The van der Waals surface area contributed by atoms with Crippen molar-refractivity contribution in [3.8, 4) is 0 Å². The van der Waals surface area contributed by atoms with Crippen LogP contribution in [-0.4, -0.2) is 18.1 Å². The number of halogens is 1. The molecule has 0 unspecified atom stereocenters. The van der Waals surface area contributed by atoms with E-state index < -0.39 is 0 Å². The third kappa shape index (κ3) is 5.22. The molecule has 0 atom stereocenters. The average Bonchev–Trinajstić information content (AvgIpc) is 2.78. The van der Waals surface area contributed by atoms with Crippen LogP contribution in [0.3, 0.4) is 0 Å². The minimum Gasteiger partial charge on any atom is -0.380 e. The summed E-state index contributed by atoms with van der Waals surface area (Å²) < 4.78 is 5.17. The molecule has 0 fully saturated rings. The molecule has 0 amide bonds. The van der Waals surface area contributed by atoms with Crippen molar-refractivity contribution < 1.29 is 4.74 Å². The molecule has 0 bridgehead atoms. The number of aliphatic imine (C=N–C) groups is 1. The summed E-state index contributed by atoms with van der Waals surface area (Å²) in [4.78, 5) is 10.00. The van der Waals surface area contributed by atoms with E-state index in [9.17, 15) is 0 Å². The predicted octanol–water partition coefficient (Wildman–Crippen LogP) is 3.45. The van der Waals surface area contributed by atoms with Crippen LogP contribution in [0.25, 0.3) is 0 Å². The van der Waals surface area contributed by atoms with Gasteiger partial charge in [-0.2, -0.15) is 0 Å². The maximum Gasteiger partial charge on any atom is 0.193 e. The Morgan fingerprint density at radius 2 is 2.09 bits per heavy atom. The van der Waals surface area contributed by atoms with Crippen molar-refractivity contribution in [1.82, 2.24) is 4.98 Å². The Hall–Kier alpha value is -1.19. The number of benzene rings is 1. The quantitative estimate of drug-likeness (QED) is 0.431. The number of methoxy groups -OCH3 is 1. The number of para-hydroxylation sites is 1. The number of aryl methyl sites for hydroxylation is 2. The van der Waals surface area contributed by atoms with E-state index in [2.05, 4.69) is 22.2 Å². The lowest BCUT2D eigenvalue weighted by atomic mass is 10.2. The lowest BCUT2D eigenvalue weighted by Crippen LogP contribution is -2.23. The van der Waals surface area contributed by atoms with Gasteiger partial charge in [-0.25, -0.2) is 9.98 Å². The van der Waals surface area contributed by atoms with E-state index in [1.54, 1.807) is 18.4 Å². The van der Waals surface area contributed by atoms with Gasteiger partial charge in [-0.05, 0) is 19.9 Å². The Kier molecular flexibility index (Phi) is 7.77. The maximum atomic E-state index is 5.94. The predicted molar refractivity (Wildman–Crippen MR) is 103 cm³/mol. The van der Waals surface area contributed by atoms with Crippen LogP contribution in [0.1, 0.15) is 21.1 Å². The molecular weight excluding hydrogens is 411 g/mol. The molecule has 2 rings (SSSR count). The van der Waals surface area contributed by atoms with Crippen LogP contribution in [0.15, 0.2) is 29.3 Å². The largest absolute Gasteiger partial charge is 0.380 e. The highest BCUT2D eigenvalue weighted by molar-refractivity contribution is 14.0. The Morgan fingerprint density at radius 1 is 1.36 bits per heavy atom. The molecule has 2 aromatic rings. The zero-order valence-corrected chi connectivity index (χ0v) is 16.1. The van der Waals surface area contributed by atoms with Crippen molar-refractivity contribution in [2.45, 2.75) is 27.0 Å². The zero-order valence-electron chi connectivity index (χ0n) is 12.9. The Balaban J connectivity index is 0.00000242. The second-order valence-electron chi connectivity index (χ2n) is 4.67. The van der Waals surface area contributed by atoms with Crippen LogP contribution in [0.5, 0.6) is 0 Å². The number of nitrogens with one attached hydrogen (secondary N) is 1. The first-order chi connectivity index (χ1) is 10.1. The van der Waals surface area contributed by atoms with Crippen LogP contribution in [0.2, 0.25) is 0 Å². The number of rotatable bonds is 5. The van der Waals surface area contributed by atoms with Crippen LogP contribution in [0, 0.1) is 13.8 Å². The molecule has 3 N–H and O–H groups in total. The highest BCUT2D eigenvalue weighted by Gasteiger charge is 2.04. The molecule has 0 radical (unpaired) electrons. The van der Waals surface area contributed by atoms with Crippen LogP contribution < -0.4 is 11.1 Å². The van der Waals surface area contributed by atoms with Gasteiger partial charge < -0.3 is 15.8 Å². The summed E-state index contributed by atoms with van der Waals surface area (Å²) in [6.45, 7) is 5.08. The highest BCUT2D eigenvalue weighted by Crippen LogP contribution is 2.18. The molecule has 0 aliphatic heterocycles. The van der Waals surface area contributed by atoms with E-state index in [0.29, 0.717) is 19.1 Å². The van der Waals surface area contributed by atoms with E-state index in [1.807, 2.05) is 31.2 Å². The molecule has 0 aliphatic carbocycles. The summed E-state index contributed by atoms with van der Waals surface area (Å²) in [6.07, 6.45) is 0. The van der Waals surface area contributed by atoms with Gasteiger partial charge in [0.05, 0.1) is 18.8 Å². The first kappa shape index (κ1) is 18.9. The number of aromatic nitrogens is 1. The molecule has 120 valence electrons. The Bertz CT molecular complexity index is 623. The summed E-state index contributed by atoms with van der Waals surface area (Å²) in [6, 6.07) is 7.86. The fraction of sp³-hybridized carbons (Fsp3) is 0.333. The Labute approximate surface area is 152 Å². The molecule has 7 heteroatoms. The minimum atomic E-state index is 0. The standard InChI is InChI=1S/C15H20N4OS.HI/c1-10-11(2)21-14(18-10)8-17-15(16)19-13-7-5-4-6-12(13)9-20-3;/h4-7H,8-9H2,1-3H3,(H3,16,17,19);1H. The normalized spacial score (nSPS) is 11.1. The van der Waals surface area contributed by atoms with Crippen molar-refractivity contribution in [2.24, 2.45) is 10.7 Å². The lowest BCUT2D eigenvalue weighted by molar-refractivity contribution is 0.185. The van der Waals surface area contributed by atoms with Gasteiger partial charge >= 0.3 is 0 Å². The van der Waals surface area contributed by atoms with Crippen molar-refractivity contribution >= 4 is 47.0 Å². The van der Waals surface area contributed by atoms with Crippen molar-refractivity contribution in [1.29, 1.82) is 0 Å². The van der Waals surface area contributed by atoms with Gasteiger partial charge in [0.1, 0.15) is 5.01 Å². The van der Waals surface area contributed by atoms with Gasteiger partial charge in [0, 0.05) is 23.2 Å². The summed E-state index contributed by atoms with van der Waals surface area (Å²) >= 11 is 1.65. The molecule has 0 saturated carbocycles. The molecule has 5 nitrogen and oxygen atoms in total. The van der Waals surface area contributed by atoms with E-state index >= 15 is 0 Å². The van der Waals surface area contributed by atoms with Crippen molar-refractivity contribution in [3.63, 3.8) is 0 Å². The first-order valence-electron chi connectivity index (χ1n) is 6.67. The third-order valence-corrected chi connectivity index (χ3v) is 4.10. The van der Waals surface area contributed by atoms with E-state index in [1.165, 1.54) is 4.88 Å². The van der Waals surface area contributed by atoms with Crippen molar-refractivity contribution in [2.75, 3.05) is 12.4 Å². The van der Waals surface area contributed by atoms with Gasteiger partial charge in [-0.1, -0.05) is 18.2 Å². The second-order valence-corrected chi connectivity index (χ2v) is 5.95. The van der Waals surface area contributed by atoms with Gasteiger partial charge in [0.2, 0.25) is 0 Å². The third-order valence-electron chi connectivity index (χ3n) is 3.04. The summed E-state index contributed by atoms with van der Waals surface area (Å²) in [5.41, 5.74) is 8.95. The van der Waals surface area contributed by atoms with Crippen molar-refractivity contribution in [3.05, 3.63) is 45.4 Å². The monoisotopic (exact) mass is 432 g/mol. The second kappa shape index (κ2) is 9.06. The molecule has 22 heavy (non-hydrogen) atoms. The number of hydrogen-bond donors (Lipinski definition) is 2. The number of anilines is 1. The van der Waals surface area contributed by atoms with Gasteiger partial charge in [0.15, 0.2) is 5.96 Å². The molecule has 1 aromatic carbocycles. The zero-order chi connectivity index (χ0) is 15.2. The summed E-state index contributed by atoms with van der Waals surface area (Å²) in [7, 11) is 1.67. The molecular formula is C15H21IN4OS. The molecule has 1 heterocycles. The number of nitrogens with zero attached hydrogens (tertiary/aromatic N) is 2. The fourth-order valence-electron chi connectivity index (χ4n) is 1.86. The van der Waals surface area contributed by atoms with E-state index in [0.717, 1.165) is 22.0 Å². The van der Waals surface area contributed by atoms with Gasteiger partial charge in [-0.15, -0.1) is 35.3 Å². The summed E-state index contributed by atoms with van der Waals surface area (Å²) in [5.74, 6) is 0.379. The first-order valence-corrected chi connectivity index (χ1v) is 7.48. The topological polar surface area (TPSA) is 72.5 Å². The van der Waals surface area contributed by atoms with Gasteiger partial charge in [-0.3, -0.25) is 0 Å². The molecule has 0 saturated heterocycles. The number of hydrogen-bond acceptors (Lipinski definition) is 4. The fourth-order valence-corrected chi connectivity index (χ4v) is 2.72.